The summed E-state index contributed by atoms with van der Waals surface area (Å²) in [5, 5.41) is 12.5. The highest BCUT2D eigenvalue weighted by atomic mass is 32.1. The average molecular weight is 471 g/mol. The SMILES string of the molecule is C=CCOC[C@@H](O)CN(CC(=O)N1CCc2sccc2[C@@H]1COc1ccc(C)cc1)C1CC1. The maximum atomic E-state index is 13.5. The monoisotopic (exact) mass is 470 g/mol. The summed E-state index contributed by atoms with van der Waals surface area (Å²) in [5.41, 5.74) is 2.39. The number of hydrogen-bond donors (Lipinski definition) is 1. The zero-order valence-electron chi connectivity index (χ0n) is 19.3. The number of aryl methyl sites for hydroxylation is 1. The lowest BCUT2D eigenvalue weighted by molar-refractivity contribution is -0.136. The van der Waals surface area contributed by atoms with Crippen LogP contribution in [0.1, 0.15) is 34.9 Å². The third-order valence-electron chi connectivity index (χ3n) is 6.24. The van der Waals surface area contributed by atoms with Crippen LogP contribution in [0.15, 0.2) is 48.4 Å². The Kier molecular flexibility index (Phi) is 8.20. The second-order valence-electron chi connectivity index (χ2n) is 8.92. The van der Waals surface area contributed by atoms with E-state index in [1.807, 2.05) is 29.2 Å². The lowest BCUT2D eigenvalue weighted by Gasteiger charge is -2.37. The van der Waals surface area contributed by atoms with Gasteiger partial charge in [0.05, 0.1) is 31.9 Å². The van der Waals surface area contributed by atoms with Crippen LogP contribution in [0.3, 0.4) is 0 Å². The third-order valence-corrected chi connectivity index (χ3v) is 7.23. The van der Waals surface area contributed by atoms with Gasteiger partial charge in [-0.05, 0) is 55.3 Å². The van der Waals surface area contributed by atoms with Gasteiger partial charge >= 0.3 is 0 Å². The Balaban J connectivity index is 1.41. The molecule has 1 N–H and O–H groups in total. The molecule has 0 bridgehead atoms. The zero-order chi connectivity index (χ0) is 23.2. The number of hydrogen-bond acceptors (Lipinski definition) is 6. The Morgan fingerprint density at radius 2 is 2.12 bits per heavy atom. The maximum Gasteiger partial charge on any atom is 0.237 e. The number of amides is 1. The maximum absolute atomic E-state index is 13.5. The molecule has 1 aromatic heterocycles. The van der Waals surface area contributed by atoms with Gasteiger partial charge in [-0.1, -0.05) is 23.8 Å². The van der Waals surface area contributed by atoms with E-state index in [0.29, 0.717) is 38.9 Å². The summed E-state index contributed by atoms with van der Waals surface area (Å²) in [4.78, 5) is 18.9. The van der Waals surface area contributed by atoms with Gasteiger partial charge in [0, 0.05) is 24.0 Å². The van der Waals surface area contributed by atoms with Crippen LogP contribution in [-0.4, -0.2) is 72.4 Å². The van der Waals surface area contributed by atoms with Gasteiger partial charge in [0.15, 0.2) is 0 Å². The van der Waals surface area contributed by atoms with Crippen LogP contribution in [0.5, 0.6) is 5.75 Å². The highest BCUT2D eigenvalue weighted by molar-refractivity contribution is 7.10. The number of carbonyl (C=O) groups is 1. The highest BCUT2D eigenvalue weighted by Crippen LogP contribution is 2.34. The number of benzene rings is 1. The van der Waals surface area contributed by atoms with Crippen molar-refractivity contribution in [1.29, 1.82) is 0 Å². The molecule has 7 heteroatoms. The quantitative estimate of drug-likeness (QED) is 0.379. The van der Waals surface area contributed by atoms with E-state index in [1.165, 1.54) is 16.0 Å². The zero-order valence-corrected chi connectivity index (χ0v) is 20.1. The number of aliphatic hydroxyl groups excluding tert-OH is 1. The molecule has 1 saturated carbocycles. The molecular formula is C26H34N2O4S. The molecule has 0 radical (unpaired) electrons. The van der Waals surface area contributed by atoms with Crippen LogP contribution >= 0.6 is 11.3 Å². The van der Waals surface area contributed by atoms with Crippen molar-refractivity contribution in [2.75, 3.05) is 39.5 Å². The molecule has 2 atom stereocenters. The Bertz CT molecular complexity index is 925. The molecule has 2 heterocycles. The van der Waals surface area contributed by atoms with Crippen molar-refractivity contribution >= 4 is 17.2 Å². The minimum absolute atomic E-state index is 0.0930. The molecule has 33 heavy (non-hydrogen) atoms. The van der Waals surface area contributed by atoms with E-state index in [1.54, 1.807) is 17.4 Å². The molecular weight excluding hydrogens is 436 g/mol. The topological polar surface area (TPSA) is 62.2 Å². The average Bonchev–Trinajstić information content (AvgIpc) is 3.55. The fourth-order valence-corrected chi connectivity index (χ4v) is 5.27. The van der Waals surface area contributed by atoms with Gasteiger partial charge < -0.3 is 19.5 Å². The fraction of sp³-hybridized carbons (Fsp3) is 0.500. The van der Waals surface area contributed by atoms with E-state index in [2.05, 4.69) is 29.8 Å². The van der Waals surface area contributed by atoms with Crippen molar-refractivity contribution in [2.24, 2.45) is 0 Å². The first-order valence-corrected chi connectivity index (χ1v) is 12.6. The van der Waals surface area contributed by atoms with Gasteiger partial charge in [0.1, 0.15) is 12.4 Å². The minimum Gasteiger partial charge on any atom is -0.491 e. The van der Waals surface area contributed by atoms with Crippen LogP contribution in [-0.2, 0) is 16.0 Å². The molecule has 178 valence electrons. The predicted molar refractivity (Wildman–Crippen MR) is 131 cm³/mol. The lowest BCUT2D eigenvalue weighted by Crippen LogP contribution is -2.48. The number of fused-ring (bicyclic) bond motifs is 1. The minimum atomic E-state index is -0.621. The van der Waals surface area contributed by atoms with E-state index < -0.39 is 6.10 Å². The summed E-state index contributed by atoms with van der Waals surface area (Å²) in [6.45, 7) is 8.22. The van der Waals surface area contributed by atoms with E-state index in [0.717, 1.165) is 25.0 Å². The van der Waals surface area contributed by atoms with Gasteiger partial charge in [-0.3, -0.25) is 9.69 Å². The normalized spacial score (nSPS) is 18.8. The Hall–Kier alpha value is -2.19. The standard InChI is InChI=1S/C26H34N2O4S/c1-3-13-31-17-21(29)15-27(20-6-7-20)16-26(30)28-12-10-25-23(11-14-33-25)24(28)18-32-22-8-4-19(2)5-9-22/h3-5,8-9,11,14,20-21,24,29H,1,6-7,10,12-13,15-18H2,2H3/t21-,24-/m0/s1. The predicted octanol–water partition coefficient (Wildman–Crippen LogP) is 3.59. The van der Waals surface area contributed by atoms with Crippen LogP contribution in [0.2, 0.25) is 0 Å². The van der Waals surface area contributed by atoms with Crippen molar-refractivity contribution in [3.05, 3.63) is 64.4 Å². The van der Waals surface area contributed by atoms with Crippen molar-refractivity contribution in [3.63, 3.8) is 0 Å². The van der Waals surface area contributed by atoms with Crippen LogP contribution in [0.4, 0.5) is 0 Å². The van der Waals surface area contributed by atoms with Gasteiger partial charge in [-0.25, -0.2) is 0 Å². The molecule has 0 spiro atoms. The number of ether oxygens (including phenoxy) is 2. The number of thiophene rings is 1. The summed E-state index contributed by atoms with van der Waals surface area (Å²) in [6, 6.07) is 10.4. The lowest BCUT2D eigenvalue weighted by atomic mass is 10.0. The Morgan fingerprint density at radius 3 is 2.85 bits per heavy atom. The fourth-order valence-electron chi connectivity index (χ4n) is 4.34. The first-order valence-electron chi connectivity index (χ1n) is 11.7. The molecule has 6 nitrogen and oxygen atoms in total. The molecule has 0 saturated heterocycles. The molecule has 1 amide bonds. The number of aliphatic hydroxyl groups is 1. The van der Waals surface area contributed by atoms with Gasteiger partial charge in [0.2, 0.25) is 5.91 Å². The molecule has 4 rings (SSSR count). The molecule has 2 aromatic rings. The van der Waals surface area contributed by atoms with Gasteiger partial charge in [0.25, 0.3) is 0 Å². The van der Waals surface area contributed by atoms with Crippen LogP contribution in [0.25, 0.3) is 0 Å². The number of nitrogens with zero attached hydrogens (tertiary/aromatic N) is 2. The van der Waals surface area contributed by atoms with Crippen molar-refractivity contribution < 1.29 is 19.4 Å². The van der Waals surface area contributed by atoms with Crippen LogP contribution < -0.4 is 4.74 Å². The molecule has 1 aliphatic carbocycles. The van der Waals surface area contributed by atoms with Gasteiger partial charge in [-0.15, -0.1) is 17.9 Å². The second-order valence-corrected chi connectivity index (χ2v) is 9.92. The first kappa shape index (κ1) is 24.0. The van der Waals surface area contributed by atoms with E-state index in [4.69, 9.17) is 9.47 Å². The van der Waals surface area contributed by atoms with Crippen molar-refractivity contribution in [3.8, 4) is 5.75 Å². The summed E-state index contributed by atoms with van der Waals surface area (Å²) in [7, 11) is 0. The van der Waals surface area contributed by atoms with E-state index >= 15 is 0 Å². The highest BCUT2D eigenvalue weighted by Gasteiger charge is 2.36. The molecule has 1 aliphatic heterocycles. The van der Waals surface area contributed by atoms with Crippen LogP contribution in [0, 0.1) is 6.92 Å². The summed E-state index contributed by atoms with van der Waals surface area (Å²) in [5.74, 6) is 0.910. The van der Waals surface area contributed by atoms with Crippen molar-refractivity contribution in [2.45, 2.75) is 44.4 Å². The molecule has 0 unspecified atom stereocenters. The Morgan fingerprint density at radius 1 is 1.33 bits per heavy atom. The smallest absolute Gasteiger partial charge is 0.237 e. The first-order chi connectivity index (χ1) is 16.0. The third kappa shape index (κ3) is 6.44. The van der Waals surface area contributed by atoms with Crippen molar-refractivity contribution in [1.82, 2.24) is 9.80 Å². The largest absolute Gasteiger partial charge is 0.491 e. The Labute approximate surface area is 200 Å². The summed E-state index contributed by atoms with van der Waals surface area (Å²) >= 11 is 1.76. The molecule has 2 aliphatic rings. The second kappa shape index (κ2) is 11.3. The molecule has 1 aromatic carbocycles. The number of rotatable bonds is 12. The van der Waals surface area contributed by atoms with Gasteiger partial charge in [-0.2, -0.15) is 0 Å². The summed E-state index contributed by atoms with van der Waals surface area (Å²) < 4.78 is 11.5. The van der Waals surface area contributed by atoms with E-state index in [-0.39, 0.29) is 18.6 Å². The van der Waals surface area contributed by atoms with E-state index in [9.17, 15) is 9.90 Å². The molecule has 1 fully saturated rings. The summed E-state index contributed by atoms with van der Waals surface area (Å²) in [6.07, 6.45) is 4.07. The number of carbonyl (C=O) groups excluding carboxylic acids is 1.